The summed E-state index contributed by atoms with van der Waals surface area (Å²) >= 11 is 0. The minimum atomic E-state index is 0.312. The third-order valence-electron chi connectivity index (χ3n) is 2.29. The molecule has 0 saturated heterocycles. The summed E-state index contributed by atoms with van der Waals surface area (Å²) in [5.41, 5.74) is 1.53. The van der Waals surface area contributed by atoms with E-state index in [1.165, 1.54) is 5.69 Å². The number of rotatable bonds is 1. The van der Waals surface area contributed by atoms with E-state index in [2.05, 4.69) is 37.9 Å². The van der Waals surface area contributed by atoms with Gasteiger partial charge in [0, 0.05) is 17.8 Å². The summed E-state index contributed by atoms with van der Waals surface area (Å²) in [6, 6.07) is 2.04. The van der Waals surface area contributed by atoms with Crippen molar-refractivity contribution in [1.82, 2.24) is 10.2 Å². The quantitative estimate of drug-likeness (QED) is 0.658. The van der Waals surface area contributed by atoms with Gasteiger partial charge in [-0.15, -0.1) is 0 Å². The molecule has 2 heteroatoms. The van der Waals surface area contributed by atoms with Crippen LogP contribution in [0.4, 0.5) is 0 Å². The Bertz CT molecular complexity index is 206. The maximum Gasteiger partial charge on any atom is 0.0490 e. The summed E-state index contributed by atoms with van der Waals surface area (Å²) in [7, 11) is 0. The Balaban J connectivity index is 2.78. The Morgan fingerprint density at radius 2 is 2.09 bits per heavy atom. The zero-order valence-electron chi connectivity index (χ0n) is 7.68. The Morgan fingerprint density at radius 3 is 2.45 bits per heavy atom. The van der Waals surface area contributed by atoms with Crippen LogP contribution < -0.4 is 0 Å². The first kappa shape index (κ1) is 8.31. The molecule has 1 atom stereocenters. The Hall–Kier alpha value is -0.790. The van der Waals surface area contributed by atoms with E-state index in [4.69, 9.17) is 0 Å². The number of hydrogen-bond acceptors (Lipinski definition) is 1. The fourth-order valence-corrected chi connectivity index (χ4v) is 0.974. The molecule has 0 bridgehead atoms. The molecular weight excluding hydrogens is 136 g/mol. The molecule has 0 spiro atoms. The smallest absolute Gasteiger partial charge is 0.0490 e. The van der Waals surface area contributed by atoms with Gasteiger partial charge in [0.25, 0.3) is 0 Å². The lowest BCUT2D eigenvalue weighted by Gasteiger charge is -2.25. The molecule has 1 aromatic heterocycles. The molecule has 0 amide bonds. The minimum Gasteiger partial charge on any atom is -0.282 e. The molecular formula is C9H16N2. The van der Waals surface area contributed by atoms with Gasteiger partial charge in [-0.2, -0.15) is 5.10 Å². The molecule has 1 N–H and O–H groups in total. The normalized spacial score (nSPS) is 14.9. The van der Waals surface area contributed by atoms with E-state index in [0.717, 1.165) is 0 Å². The maximum atomic E-state index is 3.93. The van der Waals surface area contributed by atoms with Gasteiger partial charge in [-0.3, -0.25) is 5.10 Å². The van der Waals surface area contributed by atoms with Gasteiger partial charge in [0.1, 0.15) is 0 Å². The highest BCUT2D eigenvalue weighted by Gasteiger charge is 2.22. The SMILES string of the molecule is C[C@@H](c1ccn[nH]1)C(C)(C)C. The van der Waals surface area contributed by atoms with Crippen molar-refractivity contribution in [3.05, 3.63) is 18.0 Å². The number of nitrogens with one attached hydrogen (secondary N) is 1. The highest BCUT2D eigenvalue weighted by Crippen LogP contribution is 2.32. The van der Waals surface area contributed by atoms with Crippen LogP contribution in [0.1, 0.15) is 39.3 Å². The lowest BCUT2D eigenvalue weighted by Crippen LogP contribution is -2.15. The molecule has 0 radical (unpaired) electrons. The van der Waals surface area contributed by atoms with Gasteiger partial charge in [0.15, 0.2) is 0 Å². The van der Waals surface area contributed by atoms with Crippen LogP contribution in [0.15, 0.2) is 12.3 Å². The predicted octanol–water partition coefficient (Wildman–Crippen LogP) is 2.56. The maximum absolute atomic E-state index is 3.93. The van der Waals surface area contributed by atoms with Gasteiger partial charge in [0.05, 0.1) is 0 Å². The molecule has 0 saturated carbocycles. The van der Waals surface area contributed by atoms with Crippen LogP contribution in [-0.2, 0) is 0 Å². The zero-order valence-corrected chi connectivity index (χ0v) is 7.68. The number of hydrogen-bond donors (Lipinski definition) is 1. The first-order valence-electron chi connectivity index (χ1n) is 4.01. The van der Waals surface area contributed by atoms with Crippen LogP contribution in [-0.4, -0.2) is 10.2 Å². The summed E-state index contributed by atoms with van der Waals surface area (Å²) in [4.78, 5) is 0. The van der Waals surface area contributed by atoms with Crippen molar-refractivity contribution in [3.8, 4) is 0 Å². The molecule has 0 fully saturated rings. The van der Waals surface area contributed by atoms with Crippen LogP contribution in [0.2, 0.25) is 0 Å². The third-order valence-corrected chi connectivity index (χ3v) is 2.29. The number of nitrogens with zero attached hydrogens (tertiary/aromatic N) is 1. The van der Waals surface area contributed by atoms with Crippen LogP contribution in [0.3, 0.4) is 0 Å². The number of H-pyrrole nitrogens is 1. The van der Waals surface area contributed by atoms with Crippen molar-refractivity contribution < 1.29 is 0 Å². The first-order chi connectivity index (χ1) is 5.02. The molecule has 0 aliphatic rings. The van der Waals surface area contributed by atoms with Gasteiger partial charge < -0.3 is 0 Å². The predicted molar refractivity (Wildman–Crippen MR) is 46.5 cm³/mol. The Morgan fingerprint density at radius 1 is 1.45 bits per heavy atom. The molecule has 0 aliphatic carbocycles. The van der Waals surface area contributed by atoms with E-state index in [1.807, 2.05) is 6.07 Å². The standard InChI is InChI=1S/C9H16N2/c1-7(9(2,3)4)8-5-6-10-11-8/h5-7H,1-4H3,(H,10,11)/t7-/m0/s1. The largest absolute Gasteiger partial charge is 0.282 e. The fourth-order valence-electron chi connectivity index (χ4n) is 0.974. The molecule has 0 unspecified atom stereocenters. The summed E-state index contributed by atoms with van der Waals surface area (Å²) < 4.78 is 0. The molecule has 1 heterocycles. The number of aromatic amines is 1. The Kier molecular flexibility index (Phi) is 2.03. The first-order valence-corrected chi connectivity index (χ1v) is 4.01. The number of aromatic nitrogens is 2. The lowest BCUT2D eigenvalue weighted by atomic mass is 9.80. The van der Waals surface area contributed by atoms with E-state index >= 15 is 0 Å². The topological polar surface area (TPSA) is 28.7 Å². The van der Waals surface area contributed by atoms with Crippen LogP contribution in [0.25, 0.3) is 0 Å². The highest BCUT2D eigenvalue weighted by molar-refractivity contribution is 5.07. The molecule has 0 aromatic carbocycles. The van der Waals surface area contributed by atoms with E-state index in [9.17, 15) is 0 Å². The molecule has 2 nitrogen and oxygen atoms in total. The highest BCUT2D eigenvalue weighted by atomic mass is 15.1. The average molecular weight is 152 g/mol. The average Bonchev–Trinajstić information content (AvgIpc) is 2.34. The zero-order chi connectivity index (χ0) is 8.48. The fraction of sp³-hybridized carbons (Fsp3) is 0.667. The lowest BCUT2D eigenvalue weighted by molar-refractivity contribution is 0.334. The summed E-state index contributed by atoms with van der Waals surface area (Å²) in [5.74, 6) is 0.532. The van der Waals surface area contributed by atoms with Crippen molar-refractivity contribution in [1.29, 1.82) is 0 Å². The van der Waals surface area contributed by atoms with Crippen molar-refractivity contribution in [2.24, 2.45) is 5.41 Å². The van der Waals surface area contributed by atoms with Gasteiger partial charge >= 0.3 is 0 Å². The van der Waals surface area contributed by atoms with E-state index in [0.29, 0.717) is 11.3 Å². The summed E-state index contributed by atoms with van der Waals surface area (Å²) in [6.07, 6.45) is 1.80. The van der Waals surface area contributed by atoms with Gasteiger partial charge in [-0.05, 0) is 11.5 Å². The van der Waals surface area contributed by atoms with Gasteiger partial charge in [-0.25, -0.2) is 0 Å². The van der Waals surface area contributed by atoms with E-state index in [1.54, 1.807) is 6.20 Å². The van der Waals surface area contributed by atoms with E-state index < -0.39 is 0 Å². The second-order valence-corrected chi connectivity index (χ2v) is 4.10. The van der Waals surface area contributed by atoms with Crippen molar-refractivity contribution in [2.75, 3.05) is 0 Å². The summed E-state index contributed by atoms with van der Waals surface area (Å²) in [5, 5.41) is 6.93. The van der Waals surface area contributed by atoms with Gasteiger partial charge in [-0.1, -0.05) is 27.7 Å². The molecule has 1 rings (SSSR count). The molecule has 0 aliphatic heterocycles. The monoisotopic (exact) mass is 152 g/mol. The van der Waals surface area contributed by atoms with Crippen molar-refractivity contribution >= 4 is 0 Å². The van der Waals surface area contributed by atoms with E-state index in [-0.39, 0.29) is 0 Å². The van der Waals surface area contributed by atoms with Crippen molar-refractivity contribution in [2.45, 2.75) is 33.6 Å². The second kappa shape index (κ2) is 2.68. The summed E-state index contributed by atoms with van der Waals surface area (Å²) in [6.45, 7) is 8.92. The van der Waals surface area contributed by atoms with Crippen LogP contribution in [0.5, 0.6) is 0 Å². The van der Waals surface area contributed by atoms with Gasteiger partial charge in [0.2, 0.25) is 0 Å². The molecule has 11 heavy (non-hydrogen) atoms. The third kappa shape index (κ3) is 1.82. The Labute approximate surface area is 68.0 Å². The molecule has 62 valence electrons. The second-order valence-electron chi connectivity index (χ2n) is 4.10. The van der Waals surface area contributed by atoms with Crippen LogP contribution in [0, 0.1) is 5.41 Å². The van der Waals surface area contributed by atoms with Crippen molar-refractivity contribution in [3.63, 3.8) is 0 Å². The molecule has 1 aromatic rings. The van der Waals surface area contributed by atoms with Crippen LogP contribution >= 0.6 is 0 Å². The minimum absolute atomic E-state index is 0.312.